The van der Waals surface area contributed by atoms with Gasteiger partial charge >= 0.3 is 6.18 Å². The minimum absolute atomic E-state index is 0.0239. The first-order chi connectivity index (χ1) is 14.6. The fraction of sp³-hybridized carbons (Fsp3) is 0.542. The van der Waals surface area contributed by atoms with E-state index in [0.717, 1.165) is 29.7 Å². The van der Waals surface area contributed by atoms with Crippen molar-refractivity contribution >= 4 is 16.7 Å². The minimum atomic E-state index is -4.55. The number of carbonyl (C=O) groups excluding carboxylic acids is 1. The maximum Gasteiger partial charge on any atom is 0.409 e. The molecule has 1 fully saturated rings. The number of hydrogen-bond acceptors (Lipinski definition) is 3. The summed E-state index contributed by atoms with van der Waals surface area (Å²) < 4.78 is 48.1. The fourth-order valence-corrected chi connectivity index (χ4v) is 3.97. The van der Waals surface area contributed by atoms with Crippen LogP contribution in [0.3, 0.4) is 0 Å². The van der Waals surface area contributed by atoms with Crippen LogP contribution in [0.5, 0.6) is 5.75 Å². The predicted octanol–water partition coefficient (Wildman–Crippen LogP) is 6.17. The molecule has 0 spiro atoms. The van der Waals surface area contributed by atoms with Crippen molar-refractivity contribution in [2.24, 2.45) is 5.41 Å². The minimum Gasteiger partial charge on any atom is -0.493 e. The van der Waals surface area contributed by atoms with Crippen LogP contribution in [-0.2, 0) is 4.79 Å². The summed E-state index contributed by atoms with van der Waals surface area (Å²) in [5, 5.41) is 2.47. The van der Waals surface area contributed by atoms with Crippen molar-refractivity contribution in [1.29, 1.82) is 0 Å². The number of amides is 1. The zero-order valence-corrected chi connectivity index (χ0v) is 18.4. The number of hydrazine groups is 1. The molecule has 1 amide bonds. The molecule has 3 rings (SSSR count). The largest absolute Gasteiger partial charge is 0.493 e. The Kier molecular flexibility index (Phi) is 7.14. The van der Waals surface area contributed by atoms with Gasteiger partial charge in [0.05, 0.1) is 12.0 Å². The number of halogens is 3. The van der Waals surface area contributed by atoms with E-state index in [2.05, 4.69) is 12.3 Å². The molecule has 2 aromatic carbocycles. The second-order valence-electron chi connectivity index (χ2n) is 8.90. The number of unbranched alkanes of at least 4 members (excludes halogenated alkanes) is 4. The molecule has 0 saturated carbocycles. The standard InChI is InChI=1S/C24H31F3N2O2/c1-4-5-6-7-8-14-31-20-11-9-10-17-12-13-18(15-19(17)20)21(24(25,26)27)29-16-23(2,3)22(30)28-29/h9-13,15,21H,4-8,14,16H2,1-3H3,(H,28,30)/t21-/m0/s1. The molecule has 1 aliphatic rings. The summed E-state index contributed by atoms with van der Waals surface area (Å²) in [5.74, 6) is 0.177. The number of carbonyl (C=O) groups is 1. The van der Waals surface area contributed by atoms with Gasteiger partial charge in [-0.25, -0.2) is 5.01 Å². The molecule has 2 aromatic rings. The molecule has 0 unspecified atom stereocenters. The zero-order chi connectivity index (χ0) is 22.6. The van der Waals surface area contributed by atoms with Gasteiger partial charge in [-0.3, -0.25) is 10.2 Å². The van der Waals surface area contributed by atoms with E-state index < -0.39 is 23.5 Å². The number of alkyl halides is 3. The van der Waals surface area contributed by atoms with Crippen molar-refractivity contribution in [1.82, 2.24) is 10.4 Å². The molecule has 7 heteroatoms. The van der Waals surface area contributed by atoms with Gasteiger partial charge in [-0.05, 0) is 43.4 Å². The lowest BCUT2D eigenvalue weighted by atomic mass is 9.93. The van der Waals surface area contributed by atoms with Crippen molar-refractivity contribution in [3.8, 4) is 5.75 Å². The van der Waals surface area contributed by atoms with Crippen molar-refractivity contribution in [3.05, 3.63) is 42.0 Å². The summed E-state index contributed by atoms with van der Waals surface area (Å²) in [6.07, 6.45) is 0.962. The van der Waals surface area contributed by atoms with Crippen LogP contribution in [0.15, 0.2) is 36.4 Å². The van der Waals surface area contributed by atoms with Gasteiger partial charge in [0.2, 0.25) is 5.91 Å². The number of nitrogens with one attached hydrogen (secondary N) is 1. The Morgan fingerprint density at radius 1 is 1.13 bits per heavy atom. The summed E-state index contributed by atoms with van der Waals surface area (Å²) in [6.45, 7) is 5.95. The van der Waals surface area contributed by atoms with Gasteiger partial charge in [0.25, 0.3) is 0 Å². The van der Waals surface area contributed by atoms with Crippen LogP contribution in [0.25, 0.3) is 10.8 Å². The van der Waals surface area contributed by atoms with Gasteiger partial charge in [0.1, 0.15) is 11.8 Å². The van der Waals surface area contributed by atoms with E-state index in [-0.39, 0.29) is 12.1 Å². The highest BCUT2D eigenvalue weighted by atomic mass is 19.4. The molecular formula is C24H31F3N2O2. The summed E-state index contributed by atoms with van der Waals surface area (Å²) in [4.78, 5) is 12.1. The third kappa shape index (κ3) is 5.50. The van der Waals surface area contributed by atoms with Gasteiger partial charge in [0.15, 0.2) is 0 Å². The lowest BCUT2D eigenvalue weighted by Gasteiger charge is -2.30. The van der Waals surface area contributed by atoms with Crippen LogP contribution in [0, 0.1) is 5.41 Å². The Bertz CT molecular complexity index is 911. The molecule has 0 aromatic heterocycles. The van der Waals surface area contributed by atoms with Gasteiger partial charge in [-0.1, -0.05) is 56.9 Å². The van der Waals surface area contributed by atoms with E-state index >= 15 is 0 Å². The number of ether oxygens (including phenoxy) is 1. The van der Waals surface area contributed by atoms with Crippen molar-refractivity contribution in [2.75, 3.05) is 13.2 Å². The van der Waals surface area contributed by atoms with Crippen LogP contribution >= 0.6 is 0 Å². The molecule has 0 radical (unpaired) electrons. The Hall–Kier alpha value is -2.28. The molecule has 31 heavy (non-hydrogen) atoms. The maximum absolute atomic E-state index is 14.1. The highest BCUT2D eigenvalue weighted by Gasteiger charge is 2.51. The number of hydrogen-bond donors (Lipinski definition) is 1. The Balaban J connectivity index is 1.86. The quantitative estimate of drug-likeness (QED) is 0.478. The molecule has 1 aliphatic heterocycles. The third-order valence-corrected chi connectivity index (χ3v) is 5.73. The predicted molar refractivity (Wildman–Crippen MR) is 116 cm³/mol. The third-order valence-electron chi connectivity index (χ3n) is 5.73. The number of benzene rings is 2. The Labute approximate surface area is 181 Å². The van der Waals surface area contributed by atoms with Gasteiger partial charge in [0, 0.05) is 11.9 Å². The molecule has 0 bridgehead atoms. The molecule has 1 atom stereocenters. The summed E-state index contributed by atoms with van der Waals surface area (Å²) >= 11 is 0. The monoisotopic (exact) mass is 436 g/mol. The molecule has 1 heterocycles. The summed E-state index contributed by atoms with van der Waals surface area (Å²) in [5.41, 5.74) is 1.61. The molecule has 0 aliphatic carbocycles. The van der Waals surface area contributed by atoms with E-state index in [0.29, 0.717) is 17.7 Å². The molecule has 1 N–H and O–H groups in total. The Morgan fingerprint density at radius 2 is 1.87 bits per heavy atom. The van der Waals surface area contributed by atoms with Gasteiger partial charge in [-0.15, -0.1) is 0 Å². The van der Waals surface area contributed by atoms with Crippen molar-refractivity contribution < 1.29 is 22.7 Å². The summed E-state index contributed by atoms with van der Waals surface area (Å²) in [7, 11) is 0. The van der Waals surface area contributed by atoms with Crippen LogP contribution in [-0.4, -0.2) is 30.2 Å². The topological polar surface area (TPSA) is 41.6 Å². The molecular weight excluding hydrogens is 405 g/mol. The lowest BCUT2D eigenvalue weighted by molar-refractivity contribution is -0.191. The highest BCUT2D eigenvalue weighted by molar-refractivity contribution is 5.89. The average Bonchev–Trinajstić information content (AvgIpc) is 2.95. The second kappa shape index (κ2) is 9.47. The van der Waals surface area contributed by atoms with Crippen molar-refractivity contribution in [2.45, 2.75) is 65.1 Å². The van der Waals surface area contributed by atoms with Crippen LogP contribution in [0.4, 0.5) is 13.2 Å². The average molecular weight is 437 g/mol. The van der Waals surface area contributed by atoms with Crippen molar-refractivity contribution in [3.63, 3.8) is 0 Å². The van der Waals surface area contributed by atoms with Gasteiger partial charge < -0.3 is 4.74 Å². The van der Waals surface area contributed by atoms with E-state index in [1.165, 1.54) is 25.0 Å². The normalized spacial score (nSPS) is 17.7. The van der Waals surface area contributed by atoms with E-state index in [1.54, 1.807) is 26.0 Å². The molecule has 4 nitrogen and oxygen atoms in total. The zero-order valence-electron chi connectivity index (χ0n) is 18.4. The van der Waals surface area contributed by atoms with E-state index in [4.69, 9.17) is 4.74 Å². The lowest BCUT2D eigenvalue weighted by Crippen LogP contribution is -2.43. The van der Waals surface area contributed by atoms with Crippen LogP contribution in [0.1, 0.15) is 64.5 Å². The SMILES string of the molecule is CCCCCCCOc1cccc2ccc([C@H](N3CC(C)(C)C(=O)N3)C(F)(F)F)cc12. The smallest absolute Gasteiger partial charge is 0.409 e. The maximum atomic E-state index is 14.1. The Morgan fingerprint density at radius 3 is 2.52 bits per heavy atom. The fourth-order valence-electron chi connectivity index (χ4n) is 3.97. The molecule has 1 saturated heterocycles. The molecule has 170 valence electrons. The van der Waals surface area contributed by atoms with Crippen LogP contribution in [0.2, 0.25) is 0 Å². The second-order valence-corrected chi connectivity index (χ2v) is 8.90. The summed E-state index contributed by atoms with van der Waals surface area (Å²) in [6, 6.07) is 8.27. The number of fused-ring (bicyclic) bond motifs is 1. The van der Waals surface area contributed by atoms with E-state index in [9.17, 15) is 18.0 Å². The number of nitrogens with zero attached hydrogens (tertiary/aromatic N) is 1. The first-order valence-corrected chi connectivity index (χ1v) is 10.9. The van der Waals surface area contributed by atoms with E-state index in [1.807, 2.05) is 12.1 Å². The highest BCUT2D eigenvalue weighted by Crippen LogP contribution is 2.42. The first kappa shape index (κ1) is 23.4. The van der Waals surface area contributed by atoms with Gasteiger partial charge in [-0.2, -0.15) is 13.2 Å². The number of rotatable bonds is 9. The first-order valence-electron chi connectivity index (χ1n) is 10.9. The van der Waals surface area contributed by atoms with Crippen LogP contribution < -0.4 is 10.2 Å².